The maximum Gasteiger partial charge on any atom is 0.227 e. The molecular weight excluding hydrogens is 266 g/mol. The van der Waals surface area contributed by atoms with Crippen molar-refractivity contribution in [1.29, 1.82) is 5.26 Å². The van der Waals surface area contributed by atoms with Gasteiger partial charge in [-0.2, -0.15) is 5.26 Å². The molecule has 2 aromatic rings. The first-order valence-corrected chi connectivity index (χ1v) is 6.72. The Labute approximate surface area is 123 Å². The van der Waals surface area contributed by atoms with Gasteiger partial charge < -0.3 is 10.2 Å². The highest BCUT2D eigenvalue weighted by Crippen LogP contribution is 2.27. The van der Waals surface area contributed by atoms with Crippen molar-refractivity contribution in [3.8, 4) is 17.7 Å². The summed E-state index contributed by atoms with van der Waals surface area (Å²) in [6, 6.07) is 9.47. The zero-order valence-corrected chi connectivity index (χ0v) is 11.8. The van der Waals surface area contributed by atoms with E-state index < -0.39 is 0 Å². The van der Waals surface area contributed by atoms with Crippen molar-refractivity contribution >= 4 is 5.82 Å². The first-order chi connectivity index (χ1) is 10.3. The summed E-state index contributed by atoms with van der Waals surface area (Å²) >= 11 is 0. The van der Waals surface area contributed by atoms with E-state index in [-0.39, 0.29) is 0 Å². The highest BCUT2D eigenvalue weighted by atomic mass is 16.5. The molecule has 0 aliphatic heterocycles. The smallest absolute Gasteiger partial charge is 0.227 e. The number of hydrogen-bond acceptors (Lipinski definition) is 6. The largest absolute Gasteiger partial charge is 0.439 e. The van der Waals surface area contributed by atoms with Crippen LogP contribution in [0.4, 0.5) is 5.82 Å². The zero-order valence-electron chi connectivity index (χ0n) is 11.8. The molecule has 0 fully saturated rings. The van der Waals surface area contributed by atoms with E-state index in [1.807, 2.05) is 24.3 Å². The van der Waals surface area contributed by atoms with Crippen LogP contribution in [0.15, 0.2) is 30.6 Å². The van der Waals surface area contributed by atoms with Crippen LogP contribution in [-0.2, 0) is 12.8 Å². The minimum atomic E-state index is 0.385. The fourth-order valence-electron chi connectivity index (χ4n) is 1.96. The molecule has 0 spiro atoms. The lowest BCUT2D eigenvalue weighted by atomic mass is 10.1. The summed E-state index contributed by atoms with van der Waals surface area (Å²) in [7, 11) is 0. The van der Waals surface area contributed by atoms with Crippen LogP contribution in [0.5, 0.6) is 11.6 Å². The first-order valence-electron chi connectivity index (χ1n) is 6.72. The van der Waals surface area contributed by atoms with Crippen LogP contribution in [0.25, 0.3) is 0 Å². The van der Waals surface area contributed by atoms with Gasteiger partial charge in [0, 0.05) is 0 Å². The van der Waals surface area contributed by atoms with Crippen molar-refractivity contribution in [3.63, 3.8) is 0 Å². The van der Waals surface area contributed by atoms with Crippen LogP contribution in [0.2, 0.25) is 0 Å². The quantitative estimate of drug-likeness (QED) is 0.624. The highest BCUT2D eigenvalue weighted by Gasteiger charge is 2.12. The van der Waals surface area contributed by atoms with Gasteiger partial charge in [-0.15, -0.1) is 0 Å². The van der Waals surface area contributed by atoms with Crippen LogP contribution in [0.1, 0.15) is 24.5 Å². The van der Waals surface area contributed by atoms with Gasteiger partial charge in [-0.3, -0.25) is 0 Å². The zero-order chi connectivity index (χ0) is 15.1. The van der Waals surface area contributed by atoms with Gasteiger partial charge in [-0.25, -0.2) is 15.8 Å². The standard InChI is InChI=1S/C15H17N5O/c1-2-3-13-14(20-17)18-10-19-15(13)21-12-6-4-11(5-7-12)8-9-16/h4-7,10H,2-3,8,17H2,1H3,(H,18,19,20). The van der Waals surface area contributed by atoms with Crippen LogP contribution in [0, 0.1) is 11.3 Å². The molecule has 1 aromatic carbocycles. The van der Waals surface area contributed by atoms with Crippen LogP contribution < -0.4 is 16.0 Å². The van der Waals surface area contributed by atoms with Gasteiger partial charge in [-0.1, -0.05) is 25.5 Å². The summed E-state index contributed by atoms with van der Waals surface area (Å²) < 4.78 is 5.81. The molecule has 21 heavy (non-hydrogen) atoms. The molecule has 0 saturated carbocycles. The number of hydrogen-bond donors (Lipinski definition) is 2. The van der Waals surface area contributed by atoms with Gasteiger partial charge >= 0.3 is 0 Å². The monoisotopic (exact) mass is 283 g/mol. The number of hydrazine groups is 1. The fraction of sp³-hybridized carbons (Fsp3) is 0.267. The second-order valence-electron chi connectivity index (χ2n) is 4.48. The molecule has 3 N–H and O–H groups in total. The van der Waals surface area contributed by atoms with Crippen LogP contribution in [0.3, 0.4) is 0 Å². The number of nitrogens with one attached hydrogen (secondary N) is 1. The van der Waals surface area contributed by atoms with Crippen molar-refractivity contribution in [1.82, 2.24) is 9.97 Å². The molecule has 0 bridgehead atoms. The molecule has 6 heteroatoms. The van der Waals surface area contributed by atoms with E-state index in [4.69, 9.17) is 15.8 Å². The predicted octanol–water partition coefficient (Wildman–Crippen LogP) is 2.57. The van der Waals surface area contributed by atoms with Gasteiger partial charge in [0.1, 0.15) is 17.9 Å². The Hall–Kier alpha value is -2.65. The Morgan fingerprint density at radius 3 is 2.67 bits per heavy atom. The van der Waals surface area contributed by atoms with Crippen molar-refractivity contribution in [3.05, 3.63) is 41.7 Å². The minimum absolute atomic E-state index is 0.385. The lowest BCUT2D eigenvalue weighted by Crippen LogP contribution is -2.12. The van der Waals surface area contributed by atoms with E-state index in [9.17, 15) is 0 Å². The average molecular weight is 283 g/mol. The third-order valence-electron chi connectivity index (χ3n) is 2.96. The molecule has 0 unspecified atom stereocenters. The number of aromatic nitrogens is 2. The average Bonchev–Trinajstić information content (AvgIpc) is 2.51. The molecule has 0 aliphatic carbocycles. The van der Waals surface area contributed by atoms with Crippen molar-refractivity contribution < 1.29 is 4.74 Å². The fourth-order valence-corrected chi connectivity index (χ4v) is 1.96. The second-order valence-corrected chi connectivity index (χ2v) is 4.48. The van der Waals surface area contributed by atoms with Gasteiger partial charge in [0.2, 0.25) is 5.88 Å². The molecule has 0 atom stereocenters. The number of nitrogens with two attached hydrogens (primary N) is 1. The summed E-state index contributed by atoms with van der Waals surface area (Å²) in [5, 5.41) is 8.66. The summed E-state index contributed by atoms with van der Waals surface area (Å²) in [6.45, 7) is 2.06. The summed E-state index contributed by atoms with van der Waals surface area (Å²) in [4.78, 5) is 8.27. The normalized spacial score (nSPS) is 9.95. The van der Waals surface area contributed by atoms with E-state index in [0.29, 0.717) is 23.9 Å². The number of rotatable bonds is 6. The summed E-state index contributed by atoms with van der Waals surface area (Å²) in [6.07, 6.45) is 3.49. The van der Waals surface area contributed by atoms with Gasteiger partial charge in [0.05, 0.1) is 18.1 Å². The van der Waals surface area contributed by atoms with E-state index in [2.05, 4.69) is 28.4 Å². The Morgan fingerprint density at radius 1 is 1.29 bits per heavy atom. The molecule has 0 aliphatic rings. The Morgan fingerprint density at radius 2 is 2.05 bits per heavy atom. The maximum atomic E-state index is 8.66. The SMILES string of the molecule is CCCc1c(NN)ncnc1Oc1ccc(CC#N)cc1. The van der Waals surface area contributed by atoms with Gasteiger partial charge in [0.15, 0.2) is 0 Å². The summed E-state index contributed by atoms with van der Waals surface area (Å²) in [5.41, 5.74) is 4.37. The summed E-state index contributed by atoms with van der Waals surface area (Å²) in [5.74, 6) is 7.20. The predicted molar refractivity (Wildman–Crippen MR) is 79.7 cm³/mol. The number of benzene rings is 1. The number of nitrogens with zero attached hydrogens (tertiary/aromatic N) is 3. The Bertz CT molecular complexity index is 634. The molecule has 0 radical (unpaired) electrons. The first kappa shape index (κ1) is 14.8. The maximum absolute atomic E-state index is 8.66. The molecule has 1 aromatic heterocycles. The molecule has 0 amide bonds. The Kier molecular flexibility index (Phi) is 5.07. The minimum Gasteiger partial charge on any atom is -0.439 e. The molecule has 1 heterocycles. The van der Waals surface area contributed by atoms with Crippen LogP contribution >= 0.6 is 0 Å². The van der Waals surface area contributed by atoms with Crippen LogP contribution in [-0.4, -0.2) is 9.97 Å². The number of ether oxygens (including phenoxy) is 1. The Balaban J connectivity index is 2.24. The second kappa shape index (κ2) is 7.22. The molecule has 108 valence electrons. The third-order valence-corrected chi connectivity index (χ3v) is 2.96. The van der Waals surface area contributed by atoms with Gasteiger partial charge in [0.25, 0.3) is 0 Å². The third kappa shape index (κ3) is 3.68. The molecule has 2 rings (SSSR count). The molecule has 6 nitrogen and oxygen atoms in total. The van der Waals surface area contributed by atoms with E-state index in [1.54, 1.807) is 0 Å². The number of nitrogen functional groups attached to an aromatic ring is 1. The van der Waals surface area contributed by atoms with Crippen molar-refractivity contribution in [2.24, 2.45) is 5.84 Å². The van der Waals surface area contributed by atoms with E-state index >= 15 is 0 Å². The lowest BCUT2D eigenvalue weighted by molar-refractivity contribution is 0.454. The number of anilines is 1. The van der Waals surface area contributed by atoms with Crippen molar-refractivity contribution in [2.45, 2.75) is 26.2 Å². The number of nitriles is 1. The topological polar surface area (TPSA) is 96.8 Å². The lowest BCUT2D eigenvalue weighted by Gasteiger charge is -2.12. The highest BCUT2D eigenvalue weighted by molar-refractivity contribution is 5.49. The van der Waals surface area contributed by atoms with Gasteiger partial charge in [-0.05, 0) is 24.1 Å². The van der Waals surface area contributed by atoms with E-state index in [0.717, 1.165) is 24.0 Å². The van der Waals surface area contributed by atoms with Crippen molar-refractivity contribution in [2.75, 3.05) is 5.43 Å². The molecule has 0 saturated heterocycles. The molecular formula is C15H17N5O. The van der Waals surface area contributed by atoms with E-state index in [1.165, 1.54) is 6.33 Å².